The Morgan fingerprint density at radius 3 is 2.77 bits per heavy atom. The third kappa shape index (κ3) is 7.36. The van der Waals surface area contributed by atoms with E-state index in [9.17, 15) is 0 Å². The van der Waals surface area contributed by atoms with Crippen LogP contribution in [0.2, 0.25) is 0 Å². The molecule has 0 radical (unpaired) electrons. The predicted octanol–water partition coefficient (Wildman–Crippen LogP) is 4.22. The fourth-order valence-corrected chi connectivity index (χ4v) is 3.84. The maximum absolute atomic E-state index is 6.27. The van der Waals surface area contributed by atoms with Crippen LogP contribution in [0, 0.1) is 12.8 Å². The van der Waals surface area contributed by atoms with E-state index in [1.165, 1.54) is 5.56 Å². The van der Waals surface area contributed by atoms with Crippen molar-refractivity contribution >= 4 is 29.9 Å². The van der Waals surface area contributed by atoms with Gasteiger partial charge in [0.2, 0.25) is 0 Å². The van der Waals surface area contributed by atoms with Gasteiger partial charge in [0.25, 0.3) is 0 Å². The van der Waals surface area contributed by atoms with Crippen molar-refractivity contribution in [1.82, 2.24) is 25.4 Å². The second kappa shape index (κ2) is 12.3. The molecule has 0 saturated heterocycles. The van der Waals surface area contributed by atoms with E-state index < -0.39 is 0 Å². The van der Waals surface area contributed by atoms with E-state index in [1.54, 1.807) is 0 Å². The van der Waals surface area contributed by atoms with Crippen LogP contribution in [0.25, 0.3) is 0 Å². The number of halogens is 1. The largest absolute Gasteiger partial charge is 0.490 e. The van der Waals surface area contributed by atoms with E-state index >= 15 is 0 Å². The topological polar surface area (TPSA) is 76.4 Å². The van der Waals surface area contributed by atoms with Crippen LogP contribution < -0.4 is 15.4 Å². The minimum Gasteiger partial charge on any atom is -0.490 e. The minimum atomic E-state index is 0. The molecule has 172 valence electrons. The lowest BCUT2D eigenvalue weighted by Crippen LogP contribution is -2.37. The molecule has 2 aromatic rings. The fraction of sp³-hybridized carbons (Fsp3) is 0.609. The van der Waals surface area contributed by atoms with Gasteiger partial charge in [0.05, 0.1) is 19.2 Å². The third-order valence-corrected chi connectivity index (χ3v) is 5.21. The summed E-state index contributed by atoms with van der Waals surface area (Å²) >= 11 is 0. The summed E-state index contributed by atoms with van der Waals surface area (Å²) in [6, 6.07) is 6.34. The lowest BCUT2D eigenvalue weighted by molar-refractivity contribution is 0.191. The van der Waals surface area contributed by atoms with E-state index in [0.717, 1.165) is 61.3 Å². The van der Waals surface area contributed by atoms with Crippen LogP contribution in [-0.4, -0.2) is 33.4 Å². The Morgan fingerprint density at radius 2 is 2.03 bits per heavy atom. The van der Waals surface area contributed by atoms with Crippen molar-refractivity contribution in [3.63, 3.8) is 0 Å². The van der Waals surface area contributed by atoms with E-state index in [-0.39, 0.29) is 30.1 Å². The van der Waals surface area contributed by atoms with Gasteiger partial charge in [-0.25, -0.2) is 4.99 Å². The molecule has 2 N–H and O–H groups in total. The molecule has 1 unspecified atom stereocenters. The highest BCUT2D eigenvalue weighted by atomic mass is 127. The van der Waals surface area contributed by atoms with Crippen molar-refractivity contribution in [3.8, 4) is 5.75 Å². The monoisotopic (exact) mass is 540 g/mol. The normalized spacial score (nSPS) is 14.2. The highest BCUT2D eigenvalue weighted by molar-refractivity contribution is 14.0. The molecule has 2 heterocycles. The smallest absolute Gasteiger partial charge is 0.191 e. The molecule has 8 heteroatoms. The highest BCUT2D eigenvalue weighted by Gasteiger charge is 2.17. The number of hydrogen-bond donors (Lipinski definition) is 2. The summed E-state index contributed by atoms with van der Waals surface area (Å²) in [5.41, 5.74) is 2.29. The van der Waals surface area contributed by atoms with Gasteiger partial charge < -0.3 is 19.9 Å². The molecular weight excluding hydrogens is 503 g/mol. The van der Waals surface area contributed by atoms with Gasteiger partial charge in [0.15, 0.2) is 11.8 Å². The van der Waals surface area contributed by atoms with Gasteiger partial charge >= 0.3 is 0 Å². The molecule has 0 fully saturated rings. The maximum Gasteiger partial charge on any atom is 0.191 e. The highest BCUT2D eigenvalue weighted by Crippen LogP contribution is 2.24. The number of benzene rings is 1. The van der Waals surface area contributed by atoms with Crippen molar-refractivity contribution in [2.24, 2.45) is 10.9 Å². The molecule has 1 aromatic heterocycles. The number of nitrogens with one attached hydrogen (secondary N) is 2. The second-order valence-corrected chi connectivity index (χ2v) is 8.51. The number of nitrogens with zero attached hydrogens (tertiary/aromatic N) is 4. The Bertz CT molecular complexity index is 864. The second-order valence-electron chi connectivity index (χ2n) is 8.51. The van der Waals surface area contributed by atoms with Crippen molar-refractivity contribution < 1.29 is 4.74 Å². The Kier molecular flexibility index (Phi) is 10.1. The van der Waals surface area contributed by atoms with Gasteiger partial charge in [-0.1, -0.05) is 26.0 Å². The molecule has 1 atom stereocenters. The first kappa shape index (κ1) is 25.4. The number of rotatable bonds is 9. The summed E-state index contributed by atoms with van der Waals surface area (Å²) in [5, 5.41) is 15.3. The number of ether oxygens (including phenoxy) is 1. The van der Waals surface area contributed by atoms with Gasteiger partial charge in [0.1, 0.15) is 11.6 Å². The van der Waals surface area contributed by atoms with E-state index in [2.05, 4.69) is 78.2 Å². The van der Waals surface area contributed by atoms with Gasteiger partial charge in [-0.05, 0) is 51.2 Å². The SMILES string of the molecule is CCNC(=NCc1ccc(C)cc1OC(C)CC(C)C)NCc1nnc2n1CCC2.I. The molecule has 1 aliphatic heterocycles. The quantitative estimate of drug-likeness (QED) is 0.283. The van der Waals surface area contributed by atoms with Crippen molar-refractivity contribution in [2.45, 2.75) is 79.6 Å². The Labute approximate surface area is 203 Å². The predicted molar refractivity (Wildman–Crippen MR) is 136 cm³/mol. The average Bonchev–Trinajstić information content (AvgIpc) is 3.28. The summed E-state index contributed by atoms with van der Waals surface area (Å²) in [7, 11) is 0. The standard InChI is InChI=1S/C23H36N6O.HI/c1-6-24-23(26-15-22-28-27-21-8-7-11-29(21)22)25-14-19-10-9-17(4)13-20(19)30-18(5)12-16(2)3;/h9-10,13,16,18H,6-8,11-12,14-15H2,1-5H3,(H2,24,25,26);1H. The van der Waals surface area contributed by atoms with Crippen LogP contribution in [0.4, 0.5) is 0 Å². The van der Waals surface area contributed by atoms with Crippen LogP contribution in [0.1, 0.15) is 63.3 Å². The first-order valence-corrected chi connectivity index (χ1v) is 11.2. The van der Waals surface area contributed by atoms with Gasteiger partial charge in [-0.15, -0.1) is 34.2 Å². The first-order valence-electron chi connectivity index (χ1n) is 11.2. The van der Waals surface area contributed by atoms with Crippen LogP contribution >= 0.6 is 24.0 Å². The molecule has 1 aromatic carbocycles. The number of fused-ring (bicyclic) bond motifs is 1. The van der Waals surface area contributed by atoms with E-state index in [4.69, 9.17) is 9.73 Å². The van der Waals surface area contributed by atoms with Crippen LogP contribution in [0.3, 0.4) is 0 Å². The van der Waals surface area contributed by atoms with Crippen LogP contribution in [0.15, 0.2) is 23.2 Å². The van der Waals surface area contributed by atoms with Crippen molar-refractivity contribution in [1.29, 1.82) is 0 Å². The van der Waals surface area contributed by atoms with Crippen molar-refractivity contribution in [3.05, 3.63) is 41.0 Å². The van der Waals surface area contributed by atoms with Crippen LogP contribution in [-0.2, 0) is 26.1 Å². The first-order chi connectivity index (χ1) is 14.5. The van der Waals surface area contributed by atoms with E-state index in [1.807, 2.05) is 0 Å². The zero-order chi connectivity index (χ0) is 21.5. The Morgan fingerprint density at radius 1 is 1.23 bits per heavy atom. The Hall–Kier alpha value is -1.84. The number of guanidine groups is 1. The lowest BCUT2D eigenvalue weighted by Gasteiger charge is -2.19. The summed E-state index contributed by atoms with van der Waals surface area (Å²) in [6.45, 7) is 13.7. The van der Waals surface area contributed by atoms with Gasteiger partial charge in [0, 0.05) is 25.1 Å². The zero-order valence-corrected chi connectivity index (χ0v) is 21.8. The fourth-order valence-electron chi connectivity index (χ4n) is 3.84. The molecule has 7 nitrogen and oxygen atoms in total. The van der Waals surface area contributed by atoms with Gasteiger partial charge in [-0.3, -0.25) is 0 Å². The summed E-state index contributed by atoms with van der Waals surface area (Å²) < 4.78 is 8.47. The molecule has 1 aliphatic rings. The maximum atomic E-state index is 6.27. The minimum absolute atomic E-state index is 0. The summed E-state index contributed by atoms with van der Waals surface area (Å²) in [4.78, 5) is 4.79. The number of hydrogen-bond acceptors (Lipinski definition) is 4. The molecule has 31 heavy (non-hydrogen) atoms. The molecule has 0 aliphatic carbocycles. The molecular formula is C23H37IN6O. The summed E-state index contributed by atoms with van der Waals surface area (Å²) in [6.07, 6.45) is 3.38. The number of aromatic nitrogens is 3. The molecule has 0 spiro atoms. The van der Waals surface area contributed by atoms with Gasteiger partial charge in [-0.2, -0.15) is 0 Å². The van der Waals surface area contributed by atoms with Crippen molar-refractivity contribution in [2.75, 3.05) is 6.54 Å². The molecule has 0 amide bonds. The number of aryl methyl sites for hydroxylation is 2. The lowest BCUT2D eigenvalue weighted by atomic mass is 10.1. The number of aliphatic imine (C=N–C) groups is 1. The molecule has 3 rings (SSSR count). The molecule has 0 bridgehead atoms. The van der Waals surface area contributed by atoms with E-state index in [0.29, 0.717) is 19.0 Å². The third-order valence-electron chi connectivity index (χ3n) is 5.21. The molecule has 0 saturated carbocycles. The Balaban J connectivity index is 0.00000341. The zero-order valence-electron chi connectivity index (χ0n) is 19.4. The summed E-state index contributed by atoms with van der Waals surface area (Å²) in [5.74, 6) is 4.36. The average molecular weight is 540 g/mol. The van der Waals surface area contributed by atoms with Crippen LogP contribution in [0.5, 0.6) is 5.75 Å².